The van der Waals surface area contributed by atoms with Crippen molar-refractivity contribution in [3.8, 4) is 11.5 Å². The van der Waals surface area contributed by atoms with Crippen molar-refractivity contribution in [1.29, 1.82) is 0 Å². The Hall–Kier alpha value is -1.40. The summed E-state index contributed by atoms with van der Waals surface area (Å²) < 4.78 is 10.5. The Balaban J connectivity index is 2.04. The molecule has 1 fully saturated rings. The van der Waals surface area contributed by atoms with Crippen molar-refractivity contribution in [3.05, 3.63) is 23.8 Å². The smallest absolute Gasteiger partial charge is 0.324 e. The molecule has 1 heterocycles. The molecule has 0 radical (unpaired) electrons. The highest BCUT2D eigenvalue weighted by Crippen LogP contribution is 2.37. The summed E-state index contributed by atoms with van der Waals surface area (Å²) in [6.45, 7) is 5.57. The molecular weight excluding hydrogens is 290 g/mol. The lowest BCUT2D eigenvalue weighted by Gasteiger charge is -2.22. The molecular formula is C15H21NO4S. The first-order valence-corrected chi connectivity index (χ1v) is 7.82. The Bertz CT molecular complexity index is 527. The molecule has 2 atom stereocenters. The summed E-state index contributed by atoms with van der Waals surface area (Å²) in [6, 6.07) is 4.87. The fourth-order valence-corrected chi connectivity index (χ4v) is 3.25. The maximum absolute atomic E-state index is 12.1. The number of rotatable bonds is 3. The van der Waals surface area contributed by atoms with Gasteiger partial charge in [-0.1, -0.05) is 6.07 Å². The van der Waals surface area contributed by atoms with Crippen LogP contribution in [0.15, 0.2) is 18.2 Å². The third-order valence-corrected chi connectivity index (χ3v) is 4.25. The van der Waals surface area contributed by atoms with Gasteiger partial charge >= 0.3 is 5.97 Å². The topological polar surface area (TPSA) is 67.8 Å². The van der Waals surface area contributed by atoms with E-state index in [1.54, 1.807) is 23.9 Å². The van der Waals surface area contributed by atoms with Crippen molar-refractivity contribution in [2.75, 3.05) is 12.9 Å². The molecule has 2 N–H and O–H groups in total. The number of carbonyl (C=O) groups is 1. The van der Waals surface area contributed by atoms with Crippen LogP contribution in [0.4, 0.5) is 0 Å². The first kappa shape index (κ1) is 16.0. The first-order valence-electron chi connectivity index (χ1n) is 6.77. The van der Waals surface area contributed by atoms with E-state index in [9.17, 15) is 9.90 Å². The zero-order chi connectivity index (χ0) is 15.6. The van der Waals surface area contributed by atoms with E-state index >= 15 is 0 Å². The zero-order valence-corrected chi connectivity index (χ0v) is 13.5. The van der Waals surface area contributed by atoms with Crippen LogP contribution in [0.2, 0.25) is 0 Å². The minimum atomic E-state index is -0.483. The predicted molar refractivity (Wildman–Crippen MR) is 82.6 cm³/mol. The number of nitrogens with one attached hydrogen (secondary N) is 1. The maximum Gasteiger partial charge on any atom is 0.324 e. The number of methoxy groups -OCH3 is 1. The zero-order valence-electron chi connectivity index (χ0n) is 12.7. The number of carbonyl (C=O) groups excluding carboxylic acids is 1. The van der Waals surface area contributed by atoms with Crippen molar-refractivity contribution in [2.24, 2.45) is 0 Å². The predicted octanol–water partition coefficient (Wildman–Crippen LogP) is 2.45. The van der Waals surface area contributed by atoms with E-state index in [-0.39, 0.29) is 23.1 Å². The Morgan fingerprint density at radius 3 is 2.76 bits per heavy atom. The number of esters is 1. The highest BCUT2D eigenvalue weighted by Gasteiger charge is 2.33. The Kier molecular flexibility index (Phi) is 4.68. The normalized spacial score (nSPS) is 22.1. The molecule has 0 bridgehead atoms. The van der Waals surface area contributed by atoms with Crippen LogP contribution in [0.3, 0.4) is 0 Å². The van der Waals surface area contributed by atoms with Gasteiger partial charge in [-0.05, 0) is 38.5 Å². The minimum Gasteiger partial charge on any atom is -0.504 e. The Morgan fingerprint density at radius 1 is 1.43 bits per heavy atom. The number of phenols is 1. The molecule has 116 valence electrons. The van der Waals surface area contributed by atoms with Crippen LogP contribution in [0.1, 0.15) is 31.7 Å². The van der Waals surface area contributed by atoms with Crippen molar-refractivity contribution >= 4 is 17.7 Å². The van der Waals surface area contributed by atoms with Gasteiger partial charge in [0.05, 0.1) is 12.5 Å². The molecule has 2 unspecified atom stereocenters. The molecule has 1 saturated heterocycles. The van der Waals surface area contributed by atoms with Crippen molar-refractivity contribution in [2.45, 2.75) is 37.8 Å². The minimum absolute atomic E-state index is 0.0166. The highest BCUT2D eigenvalue weighted by molar-refractivity contribution is 7.99. The van der Waals surface area contributed by atoms with Crippen LogP contribution in [0.5, 0.6) is 11.5 Å². The van der Waals surface area contributed by atoms with Gasteiger partial charge < -0.3 is 14.6 Å². The van der Waals surface area contributed by atoms with Crippen LogP contribution in [0.25, 0.3) is 0 Å². The molecule has 0 aromatic heterocycles. The lowest BCUT2D eigenvalue weighted by atomic mass is 10.1. The van der Waals surface area contributed by atoms with Gasteiger partial charge in [-0.15, -0.1) is 11.8 Å². The number of aromatic hydroxyl groups is 1. The van der Waals surface area contributed by atoms with Crippen LogP contribution >= 0.6 is 11.8 Å². The lowest BCUT2D eigenvalue weighted by molar-refractivity contribution is -0.156. The standard InChI is InChI=1S/C15H21NO4S/c1-15(2,3)20-14(18)10-8-21-13(16-10)9-5-6-11(17)12(7-9)19-4/h5-7,10,13,16-17H,8H2,1-4H3. The van der Waals surface area contributed by atoms with E-state index in [4.69, 9.17) is 9.47 Å². The largest absolute Gasteiger partial charge is 0.504 e. The maximum atomic E-state index is 12.1. The van der Waals surface area contributed by atoms with E-state index in [0.29, 0.717) is 11.5 Å². The fraction of sp³-hybridized carbons (Fsp3) is 0.533. The van der Waals surface area contributed by atoms with Crippen molar-refractivity contribution < 1.29 is 19.4 Å². The Morgan fingerprint density at radius 2 is 2.14 bits per heavy atom. The monoisotopic (exact) mass is 311 g/mol. The van der Waals surface area contributed by atoms with Gasteiger partial charge in [-0.25, -0.2) is 0 Å². The summed E-state index contributed by atoms with van der Waals surface area (Å²) in [5, 5.41) is 12.9. The third kappa shape index (κ3) is 4.04. The molecule has 5 nitrogen and oxygen atoms in total. The van der Waals surface area contributed by atoms with Crippen LogP contribution < -0.4 is 10.1 Å². The van der Waals surface area contributed by atoms with Gasteiger partial charge in [0.25, 0.3) is 0 Å². The van der Waals surface area contributed by atoms with Gasteiger partial charge in [0.1, 0.15) is 11.6 Å². The van der Waals surface area contributed by atoms with E-state index in [1.807, 2.05) is 26.8 Å². The second-order valence-corrected chi connectivity index (χ2v) is 7.04. The number of ether oxygens (including phenoxy) is 2. The molecule has 0 spiro atoms. The fourth-order valence-electron chi connectivity index (χ4n) is 2.03. The average molecular weight is 311 g/mol. The number of benzene rings is 1. The highest BCUT2D eigenvalue weighted by atomic mass is 32.2. The summed E-state index contributed by atoms with van der Waals surface area (Å²) in [5.41, 5.74) is 0.476. The van der Waals surface area contributed by atoms with Crippen LogP contribution in [0, 0.1) is 0 Å². The SMILES string of the molecule is COc1cc(C2NC(C(=O)OC(C)(C)C)CS2)ccc1O. The average Bonchev–Trinajstić information content (AvgIpc) is 2.87. The number of thioether (sulfide) groups is 1. The van der Waals surface area contributed by atoms with E-state index in [0.717, 1.165) is 5.56 Å². The number of hydrogen-bond donors (Lipinski definition) is 2. The molecule has 0 amide bonds. The molecule has 2 rings (SSSR count). The van der Waals surface area contributed by atoms with Gasteiger partial charge in [-0.3, -0.25) is 10.1 Å². The molecule has 6 heteroatoms. The number of hydrogen-bond acceptors (Lipinski definition) is 6. The van der Waals surface area contributed by atoms with E-state index in [2.05, 4.69) is 5.32 Å². The molecule has 1 aromatic rings. The van der Waals surface area contributed by atoms with Crippen LogP contribution in [-0.4, -0.2) is 35.6 Å². The molecule has 1 aliphatic heterocycles. The lowest BCUT2D eigenvalue weighted by Crippen LogP contribution is -2.39. The summed E-state index contributed by atoms with van der Waals surface area (Å²) >= 11 is 1.63. The first-order chi connectivity index (χ1) is 9.80. The van der Waals surface area contributed by atoms with E-state index in [1.165, 1.54) is 7.11 Å². The second kappa shape index (κ2) is 6.15. The molecule has 0 saturated carbocycles. The summed E-state index contributed by atoms with van der Waals surface area (Å²) in [4.78, 5) is 12.1. The third-order valence-electron chi connectivity index (χ3n) is 2.98. The number of phenolic OH excluding ortho intramolecular Hbond substituents is 1. The molecule has 1 aromatic carbocycles. The van der Waals surface area contributed by atoms with Gasteiger partial charge in [-0.2, -0.15) is 0 Å². The van der Waals surface area contributed by atoms with Crippen molar-refractivity contribution in [3.63, 3.8) is 0 Å². The summed E-state index contributed by atoms with van der Waals surface area (Å²) in [6.07, 6.45) is 0. The molecule has 1 aliphatic rings. The van der Waals surface area contributed by atoms with Crippen molar-refractivity contribution in [1.82, 2.24) is 5.32 Å². The van der Waals surface area contributed by atoms with Gasteiger partial charge in [0.15, 0.2) is 11.5 Å². The quantitative estimate of drug-likeness (QED) is 0.836. The Labute approximate surface area is 129 Å². The summed E-state index contributed by atoms with van der Waals surface area (Å²) in [5.74, 6) is 0.953. The van der Waals surface area contributed by atoms with Gasteiger partial charge in [0.2, 0.25) is 0 Å². The summed E-state index contributed by atoms with van der Waals surface area (Å²) in [7, 11) is 1.51. The second-order valence-electron chi connectivity index (χ2n) is 5.90. The molecule has 21 heavy (non-hydrogen) atoms. The van der Waals surface area contributed by atoms with Crippen LogP contribution in [-0.2, 0) is 9.53 Å². The van der Waals surface area contributed by atoms with E-state index < -0.39 is 5.60 Å². The van der Waals surface area contributed by atoms with Gasteiger partial charge in [0, 0.05) is 5.75 Å². The molecule has 0 aliphatic carbocycles.